The van der Waals surface area contributed by atoms with E-state index in [2.05, 4.69) is 114 Å². The van der Waals surface area contributed by atoms with Crippen molar-refractivity contribution in [2.75, 3.05) is 13.1 Å². The molecule has 1 aliphatic heterocycles. The molecule has 0 unspecified atom stereocenters. The van der Waals surface area contributed by atoms with Gasteiger partial charge in [-0.15, -0.1) is 0 Å². The van der Waals surface area contributed by atoms with E-state index in [1.54, 1.807) is 0 Å². The lowest BCUT2D eigenvalue weighted by Gasteiger charge is -2.30. The van der Waals surface area contributed by atoms with Crippen LogP contribution in [0.5, 0.6) is 0 Å². The van der Waals surface area contributed by atoms with Crippen molar-refractivity contribution in [1.29, 1.82) is 0 Å². The molecule has 3 N–H and O–H groups in total. The third kappa shape index (κ3) is 6.37. The van der Waals surface area contributed by atoms with Crippen LogP contribution in [-0.4, -0.2) is 30.1 Å². The number of carbonyl (C=O) groups excluding carboxylic acids is 1. The molecule has 2 atom stereocenters. The van der Waals surface area contributed by atoms with Gasteiger partial charge in [0.15, 0.2) is 0 Å². The molecule has 1 heterocycles. The van der Waals surface area contributed by atoms with Crippen LogP contribution in [0.4, 0.5) is 4.79 Å². The SMILES string of the molecule is C[C@H](NC(=O)N(Cc1ccc(CNCc2ccccc2)cc1)[C@H]1CCNC1)c1cccc2ccccc12. The topological polar surface area (TPSA) is 56.4 Å². The van der Waals surface area contributed by atoms with E-state index in [4.69, 9.17) is 0 Å². The number of amides is 2. The van der Waals surface area contributed by atoms with Crippen LogP contribution in [0.25, 0.3) is 10.8 Å². The van der Waals surface area contributed by atoms with Gasteiger partial charge in [0.2, 0.25) is 0 Å². The van der Waals surface area contributed by atoms with Crippen LogP contribution in [0.15, 0.2) is 97.1 Å². The van der Waals surface area contributed by atoms with Gasteiger partial charge < -0.3 is 20.9 Å². The second kappa shape index (κ2) is 12.0. The van der Waals surface area contributed by atoms with Gasteiger partial charge in [-0.05, 0) is 52.9 Å². The quantitative estimate of drug-likeness (QED) is 0.278. The predicted molar refractivity (Wildman–Crippen MR) is 151 cm³/mol. The Morgan fingerprint density at radius 3 is 2.30 bits per heavy atom. The Balaban J connectivity index is 1.23. The number of hydrogen-bond donors (Lipinski definition) is 3. The molecule has 5 heteroatoms. The highest BCUT2D eigenvalue weighted by molar-refractivity contribution is 5.86. The number of nitrogens with zero attached hydrogens (tertiary/aromatic N) is 1. The van der Waals surface area contributed by atoms with E-state index < -0.39 is 0 Å². The third-order valence-electron chi connectivity index (χ3n) is 7.24. The number of nitrogens with one attached hydrogen (secondary N) is 3. The maximum absolute atomic E-state index is 13.6. The van der Waals surface area contributed by atoms with Crippen LogP contribution < -0.4 is 16.0 Å². The molecule has 0 aromatic heterocycles. The normalized spacial score (nSPS) is 16.0. The van der Waals surface area contributed by atoms with Gasteiger partial charge in [0.05, 0.1) is 6.04 Å². The van der Waals surface area contributed by atoms with Crippen LogP contribution in [0.3, 0.4) is 0 Å². The second-order valence-corrected chi connectivity index (χ2v) is 9.92. The van der Waals surface area contributed by atoms with Crippen LogP contribution in [-0.2, 0) is 19.6 Å². The standard InChI is InChI=1S/C32H36N4O/c1-24(30-13-7-11-28-10-5-6-12-31(28)30)35-32(37)36(29-18-19-33-22-29)23-27-16-14-26(15-17-27)21-34-20-25-8-3-2-4-9-25/h2-17,24,29,33-34H,18-23H2,1H3,(H,35,37)/t24-,29-/m0/s1. The molecule has 37 heavy (non-hydrogen) atoms. The summed E-state index contributed by atoms with van der Waals surface area (Å²) < 4.78 is 0. The first-order valence-corrected chi connectivity index (χ1v) is 13.3. The summed E-state index contributed by atoms with van der Waals surface area (Å²) in [7, 11) is 0. The van der Waals surface area contributed by atoms with Crippen LogP contribution in [0, 0.1) is 0 Å². The number of fused-ring (bicyclic) bond motifs is 1. The maximum atomic E-state index is 13.6. The van der Waals surface area contributed by atoms with E-state index in [9.17, 15) is 4.79 Å². The van der Waals surface area contributed by atoms with Gasteiger partial charge in [-0.3, -0.25) is 0 Å². The fourth-order valence-corrected chi connectivity index (χ4v) is 5.15. The third-order valence-corrected chi connectivity index (χ3v) is 7.24. The van der Waals surface area contributed by atoms with Gasteiger partial charge in [0.1, 0.15) is 0 Å². The highest BCUT2D eigenvalue weighted by Gasteiger charge is 2.28. The molecule has 5 rings (SSSR count). The van der Waals surface area contributed by atoms with Crippen LogP contribution in [0.2, 0.25) is 0 Å². The maximum Gasteiger partial charge on any atom is 0.318 e. The Bertz CT molecular complexity index is 1290. The fraction of sp³-hybridized carbons (Fsp3) is 0.281. The molecule has 0 saturated carbocycles. The highest BCUT2D eigenvalue weighted by atomic mass is 16.2. The molecule has 4 aromatic carbocycles. The second-order valence-electron chi connectivity index (χ2n) is 9.92. The largest absolute Gasteiger partial charge is 0.331 e. The summed E-state index contributed by atoms with van der Waals surface area (Å²) in [6.07, 6.45) is 0.970. The lowest BCUT2D eigenvalue weighted by Crippen LogP contribution is -2.47. The molecule has 0 spiro atoms. The van der Waals surface area contributed by atoms with E-state index in [-0.39, 0.29) is 18.1 Å². The van der Waals surface area contributed by atoms with E-state index in [0.717, 1.165) is 43.7 Å². The van der Waals surface area contributed by atoms with Crippen LogP contribution in [0.1, 0.15) is 41.6 Å². The summed E-state index contributed by atoms with van der Waals surface area (Å²) in [5, 5.41) is 12.6. The van der Waals surface area contributed by atoms with E-state index in [1.165, 1.54) is 21.9 Å². The zero-order chi connectivity index (χ0) is 25.5. The molecule has 1 aliphatic rings. The number of hydrogen-bond acceptors (Lipinski definition) is 3. The minimum absolute atomic E-state index is 0.0114. The lowest BCUT2D eigenvalue weighted by molar-refractivity contribution is 0.172. The van der Waals surface area contributed by atoms with Crippen LogP contribution >= 0.6 is 0 Å². The monoisotopic (exact) mass is 492 g/mol. The van der Waals surface area contributed by atoms with Crippen molar-refractivity contribution in [3.8, 4) is 0 Å². The van der Waals surface area contributed by atoms with Gasteiger partial charge in [0, 0.05) is 32.2 Å². The highest BCUT2D eigenvalue weighted by Crippen LogP contribution is 2.25. The first kappa shape index (κ1) is 25.0. The van der Waals surface area contributed by atoms with Crippen molar-refractivity contribution in [2.45, 2.75) is 45.1 Å². The Labute approximate surface area is 219 Å². The summed E-state index contributed by atoms with van der Waals surface area (Å²) in [4.78, 5) is 15.6. The molecule has 2 amide bonds. The minimum Gasteiger partial charge on any atom is -0.331 e. The molecule has 0 aliphatic carbocycles. The molecule has 1 fully saturated rings. The summed E-state index contributed by atoms with van der Waals surface area (Å²) in [6.45, 7) is 6.10. The van der Waals surface area contributed by atoms with Gasteiger partial charge >= 0.3 is 6.03 Å². The number of benzene rings is 4. The molecular formula is C32H36N4O. The average molecular weight is 493 g/mol. The van der Waals surface area contributed by atoms with E-state index >= 15 is 0 Å². The van der Waals surface area contributed by atoms with Crippen molar-refractivity contribution in [2.24, 2.45) is 0 Å². The smallest absolute Gasteiger partial charge is 0.318 e. The molecule has 0 radical (unpaired) electrons. The van der Waals surface area contributed by atoms with Gasteiger partial charge in [-0.2, -0.15) is 0 Å². The fourth-order valence-electron chi connectivity index (χ4n) is 5.15. The van der Waals surface area contributed by atoms with Gasteiger partial charge in [-0.25, -0.2) is 4.79 Å². The molecular weight excluding hydrogens is 456 g/mol. The van der Waals surface area contributed by atoms with Gasteiger partial charge in [-0.1, -0.05) is 97.1 Å². The minimum atomic E-state index is -0.0893. The number of urea groups is 1. The van der Waals surface area contributed by atoms with Crippen molar-refractivity contribution in [1.82, 2.24) is 20.9 Å². The number of rotatable bonds is 9. The Morgan fingerprint density at radius 1 is 0.865 bits per heavy atom. The zero-order valence-corrected chi connectivity index (χ0v) is 21.5. The summed E-state index contributed by atoms with van der Waals surface area (Å²) >= 11 is 0. The molecule has 4 aromatic rings. The summed E-state index contributed by atoms with van der Waals surface area (Å²) in [6, 6.07) is 33.8. The van der Waals surface area contributed by atoms with Crippen molar-refractivity contribution < 1.29 is 4.79 Å². The Morgan fingerprint density at radius 2 is 1.54 bits per heavy atom. The first-order chi connectivity index (χ1) is 18.2. The molecule has 0 bridgehead atoms. The summed E-state index contributed by atoms with van der Waals surface area (Å²) in [5.41, 5.74) is 4.81. The molecule has 5 nitrogen and oxygen atoms in total. The van der Waals surface area contributed by atoms with Gasteiger partial charge in [0.25, 0.3) is 0 Å². The van der Waals surface area contributed by atoms with Crippen molar-refractivity contribution in [3.63, 3.8) is 0 Å². The number of carbonyl (C=O) groups is 1. The predicted octanol–water partition coefficient (Wildman–Crippen LogP) is 5.76. The van der Waals surface area contributed by atoms with Crippen molar-refractivity contribution in [3.05, 3.63) is 119 Å². The zero-order valence-electron chi connectivity index (χ0n) is 21.5. The Kier molecular flexibility index (Phi) is 8.14. The average Bonchev–Trinajstić information content (AvgIpc) is 3.47. The van der Waals surface area contributed by atoms with E-state index in [1.807, 2.05) is 11.0 Å². The first-order valence-electron chi connectivity index (χ1n) is 13.3. The summed E-state index contributed by atoms with van der Waals surface area (Å²) in [5.74, 6) is 0. The van der Waals surface area contributed by atoms with Crippen molar-refractivity contribution >= 4 is 16.8 Å². The lowest BCUT2D eigenvalue weighted by atomic mass is 10.00. The molecule has 1 saturated heterocycles. The molecule has 190 valence electrons. The Hall–Kier alpha value is -3.67. The van der Waals surface area contributed by atoms with E-state index in [0.29, 0.717) is 6.54 Å².